The number of fused-ring (bicyclic) bond motifs is 5. The van der Waals surface area contributed by atoms with Gasteiger partial charge in [0.1, 0.15) is 5.65 Å². The maximum atomic E-state index is 13.6. The molecule has 3 atom stereocenters. The summed E-state index contributed by atoms with van der Waals surface area (Å²) < 4.78 is 11.7. The second-order valence-electron chi connectivity index (χ2n) is 10.8. The van der Waals surface area contributed by atoms with E-state index in [0.717, 1.165) is 68.5 Å². The average Bonchev–Trinajstić information content (AvgIpc) is 3.33. The molecule has 8 rings (SSSR count). The van der Waals surface area contributed by atoms with E-state index in [2.05, 4.69) is 38.4 Å². The summed E-state index contributed by atoms with van der Waals surface area (Å²) in [6.07, 6.45) is 7.65. The minimum Gasteiger partial charge on any atom is -0.378 e. The van der Waals surface area contributed by atoms with E-state index in [1.54, 1.807) is 6.20 Å². The van der Waals surface area contributed by atoms with Crippen molar-refractivity contribution < 1.29 is 14.3 Å². The molecule has 1 aromatic carbocycles. The molecular formula is C28H32ClN5O3. The Morgan fingerprint density at radius 1 is 1.19 bits per heavy atom. The highest BCUT2D eigenvalue weighted by molar-refractivity contribution is 6.35. The monoisotopic (exact) mass is 521 g/mol. The summed E-state index contributed by atoms with van der Waals surface area (Å²) in [6, 6.07) is 7.25. The molecular weight excluding hydrogens is 490 g/mol. The van der Waals surface area contributed by atoms with Crippen LogP contribution in [-0.4, -0.2) is 77.4 Å². The molecule has 2 N–H and O–H groups in total. The Morgan fingerprint density at radius 3 is 2.92 bits per heavy atom. The van der Waals surface area contributed by atoms with E-state index in [1.165, 1.54) is 22.3 Å². The first-order valence-corrected chi connectivity index (χ1v) is 13.7. The van der Waals surface area contributed by atoms with E-state index in [9.17, 15) is 4.79 Å². The second kappa shape index (κ2) is 9.58. The average molecular weight is 522 g/mol. The summed E-state index contributed by atoms with van der Waals surface area (Å²) in [5, 5.41) is 5.29. The molecule has 37 heavy (non-hydrogen) atoms. The molecule has 4 fully saturated rings. The predicted octanol–water partition coefficient (Wildman–Crippen LogP) is 3.81. The van der Waals surface area contributed by atoms with Gasteiger partial charge in [0.15, 0.2) is 0 Å². The van der Waals surface area contributed by atoms with Crippen LogP contribution in [-0.2, 0) is 28.9 Å². The van der Waals surface area contributed by atoms with Gasteiger partial charge in [-0.1, -0.05) is 23.7 Å². The number of amides is 2. The number of carbonyl (C=O) groups is 1. The molecule has 8 nitrogen and oxygen atoms in total. The van der Waals surface area contributed by atoms with E-state index in [0.29, 0.717) is 24.8 Å². The predicted molar refractivity (Wildman–Crippen MR) is 141 cm³/mol. The highest BCUT2D eigenvalue weighted by Crippen LogP contribution is 2.33. The number of rotatable bonds is 3. The number of aromatic nitrogens is 2. The van der Waals surface area contributed by atoms with Crippen LogP contribution >= 0.6 is 11.6 Å². The fourth-order valence-corrected chi connectivity index (χ4v) is 6.62. The van der Waals surface area contributed by atoms with Crippen molar-refractivity contribution in [2.75, 3.05) is 39.5 Å². The first-order chi connectivity index (χ1) is 18.1. The van der Waals surface area contributed by atoms with Crippen LogP contribution < -0.4 is 5.32 Å². The maximum Gasteiger partial charge on any atom is 0.320 e. The molecule has 0 radical (unpaired) electrons. The van der Waals surface area contributed by atoms with Crippen molar-refractivity contribution in [1.82, 2.24) is 25.1 Å². The van der Waals surface area contributed by atoms with E-state index in [-0.39, 0.29) is 24.2 Å². The molecule has 0 aliphatic carbocycles. The molecule has 2 bridgehead atoms. The van der Waals surface area contributed by atoms with Gasteiger partial charge in [-0.05, 0) is 59.6 Å². The Labute approximate surface area is 221 Å². The lowest BCUT2D eigenvalue weighted by atomic mass is 9.87. The molecule has 3 aromatic rings. The van der Waals surface area contributed by atoms with Gasteiger partial charge in [-0.2, -0.15) is 0 Å². The van der Waals surface area contributed by atoms with Gasteiger partial charge in [0.2, 0.25) is 0 Å². The number of H-pyrrole nitrogens is 1. The second-order valence-corrected chi connectivity index (χ2v) is 11.2. The Morgan fingerprint density at radius 2 is 2.14 bits per heavy atom. The van der Waals surface area contributed by atoms with E-state index >= 15 is 0 Å². The third kappa shape index (κ3) is 4.40. The number of carbonyl (C=O) groups excluding carboxylic acids is 1. The highest BCUT2D eigenvalue weighted by Gasteiger charge is 2.40. The van der Waals surface area contributed by atoms with Gasteiger partial charge in [0, 0.05) is 44.0 Å². The first-order valence-electron chi connectivity index (χ1n) is 13.4. The van der Waals surface area contributed by atoms with Crippen molar-refractivity contribution in [3.05, 3.63) is 63.4 Å². The lowest BCUT2D eigenvalue weighted by molar-refractivity contribution is -0.0923. The molecule has 5 aliphatic heterocycles. The number of benzene rings is 1. The van der Waals surface area contributed by atoms with Crippen LogP contribution in [0.15, 0.2) is 30.6 Å². The van der Waals surface area contributed by atoms with Crippen LogP contribution in [0.1, 0.15) is 46.7 Å². The number of nitrogens with one attached hydrogen (secondary N) is 2. The molecule has 0 spiro atoms. The smallest absolute Gasteiger partial charge is 0.320 e. The Balaban J connectivity index is 1.18. The van der Waals surface area contributed by atoms with Gasteiger partial charge in [-0.15, -0.1) is 0 Å². The van der Waals surface area contributed by atoms with Crippen LogP contribution in [0.4, 0.5) is 4.79 Å². The van der Waals surface area contributed by atoms with Crippen molar-refractivity contribution in [2.45, 2.75) is 50.4 Å². The molecule has 9 heteroatoms. The largest absolute Gasteiger partial charge is 0.378 e. The number of halogens is 1. The maximum absolute atomic E-state index is 13.6. The minimum absolute atomic E-state index is 0.122. The van der Waals surface area contributed by atoms with Crippen molar-refractivity contribution in [1.29, 1.82) is 0 Å². The lowest BCUT2D eigenvalue weighted by Crippen LogP contribution is -2.60. The number of nitrogens with zero attached hydrogens (tertiary/aromatic N) is 3. The number of pyridine rings is 1. The topological polar surface area (TPSA) is 82.7 Å². The SMILES string of the molecule is O=C(N1CCc2cc(Cc3cnc4[nH]cc(Cl)c4c3)cc([C@@H]3COCCN3)c2C1)N1C[C@@H]2CC[C@H]1CO2. The number of ether oxygens (including phenoxy) is 2. The third-order valence-electron chi connectivity index (χ3n) is 8.38. The van der Waals surface area contributed by atoms with Crippen LogP contribution in [0.5, 0.6) is 0 Å². The van der Waals surface area contributed by atoms with Crippen LogP contribution in [0.25, 0.3) is 11.0 Å². The zero-order chi connectivity index (χ0) is 24.9. The van der Waals surface area contributed by atoms with Gasteiger partial charge in [0.25, 0.3) is 0 Å². The van der Waals surface area contributed by atoms with E-state index in [4.69, 9.17) is 21.1 Å². The molecule has 0 unspecified atom stereocenters. The molecule has 2 amide bonds. The van der Waals surface area contributed by atoms with Gasteiger partial charge >= 0.3 is 6.03 Å². The van der Waals surface area contributed by atoms with E-state index in [1.807, 2.05) is 11.1 Å². The van der Waals surface area contributed by atoms with Crippen molar-refractivity contribution in [3.8, 4) is 0 Å². The lowest BCUT2D eigenvalue weighted by Gasteiger charge is -2.47. The standard InChI is InChI=1S/C28H32ClN5O3/c29-25-12-32-27-23(25)10-18(11-31-27)7-17-8-19-3-5-33(28(35)34-13-21-2-1-20(34)15-37-21)14-24(19)22(9-17)26-16-36-6-4-30-26/h8-12,20-21,26,30H,1-7,13-16H2,(H,31,32)/t20-,21-,26-/m0/s1. The zero-order valence-corrected chi connectivity index (χ0v) is 21.6. The summed E-state index contributed by atoms with van der Waals surface area (Å²) in [6.45, 7) is 4.98. The number of urea groups is 1. The number of aromatic amines is 1. The van der Waals surface area contributed by atoms with E-state index < -0.39 is 0 Å². The summed E-state index contributed by atoms with van der Waals surface area (Å²) >= 11 is 6.35. The van der Waals surface area contributed by atoms with Crippen LogP contribution in [0.2, 0.25) is 5.02 Å². The fraction of sp³-hybridized carbons (Fsp3) is 0.500. The molecule has 7 heterocycles. The normalized spacial score (nSPS) is 25.5. The fourth-order valence-electron chi connectivity index (χ4n) is 6.42. The zero-order valence-electron chi connectivity index (χ0n) is 20.8. The molecule has 0 saturated carbocycles. The quantitative estimate of drug-likeness (QED) is 0.547. The van der Waals surface area contributed by atoms with Crippen LogP contribution in [0.3, 0.4) is 0 Å². The minimum atomic E-state index is 0.122. The first kappa shape index (κ1) is 23.5. The summed E-state index contributed by atoms with van der Waals surface area (Å²) in [5.74, 6) is 0. The molecule has 4 saturated heterocycles. The molecule has 2 aromatic heterocycles. The summed E-state index contributed by atoms with van der Waals surface area (Å²) in [5.41, 5.74) is 7.04. The number of piperidine rings is 1. The van der Waals surface area contributed by atoms with Crippen molar-refractivity contribution in [2.24, 2.45) is 0 Å². The summed E-state index contributed by atoms with van der Waals surface area (Å²) in [7, 11) is 0. The Kier molecular flexibility index (Phi) is 6.08. The van der Waals surface area contributed by atoms with Crippen LogP contribution in [0, 0.1) is 0 Å². The third-order valence-corrected chi connectivity index (χ3v) is 8.70. The molecule has 5 aliphatic rings. The summed E-state index contributed by atoms with van der Waals surface area (Å²) in [4.78, 5) is 25.4. The van der Waals surface area contributed by atoms with Crippen molar-refractivity contribution in [3.63, 3.8) is 0 Å². The number of morpholine rings is 2. The van der Waals surface area contributed by atoms with Gasteiger partial charge in [-0.3, -0.25) is 0 Å². The van der Waals surface area contributed by atoms with Gasteiger partial charge < -0.3 is 29.6 Å². The van der Waals surface area contributed by atoms with Gasteiger partial charge in [0.05, 0.1) is 43.0 Å². The van der Waals surface area contributed by atoms with Crippen molar-refractivity contribution >= 4 is 28.7 Å². The Bertz CT molecular complexity index is 1330. The number of hydrogen-bond acceptors (Lipinski definition) is 5. The van der Waals surface area contributed by atoms with Gasteiger partial charge in [-0.25, -0.2) is 9.78 Å². The Hall–Kier alpha value is -2.65. The highest BCUT2D eigenvalue weighted by atomic mass is 35.5. The molecule has 194 valence electrons. The number of hydrogen-bond donors (Lipinski definition) is 2.